The van der Waals surface area contributed by atoms with Crippen molar-refractivity contribution < 1.29 is 31.9 Å². The molecule has 144 valence electrons. The highest BCUT2D eigenvalue weighted by atomic mass is 19.4. The first-order valence-electron chi connectivity index (χ1n) is 7.64. The second-order valence-electron chi connectivity index (χ2n) is 5.50. The highest BCUT2D eigenvalue weighted by molar-refractivity contribution is 6.39. The molecule has 1 aromatic carbocycles. The van der Waals surface area contributed by atoms with Gasteiger partial charge in [0, 0.05) is 24.5 Å². The third kappa shape index (κ3) is 6.57. The lowest BCUT2D eigenvalue weighted by atomic mass is 10.2. The predicted octanol–water partition coefficient (Wildman–Crippen LogP) is 2.73. The first kappa shape index (κ1) is 20.1. The summed E-state index contributed by atoms with van der Waals surface area (Å²) in [6.07, 6.45) is -3.29. The van der Waals surface area contributed by atoms with Gasteiger partial charge in [-0.3, -0.25) is 9.59 Å². The third-order valence-corrected chi connectivity index (χ3v) is 3.29. The van der Waals surface area contributed by atoms with E-state index in [-0.39, 0.29) is 18.1 Å². The lowest BCUT2D eigenvalue weighted by Gasteiger charge is -2.10. The summed E-state index contributed by atoms with van der Waals surface area (Å²) < 4.78 is 54.1. The second-order valence-corrected chi connectivity index (χ2v) is 5.50. The van der Waals surface area contributed by atoms with Crippen LogP contribution in [0, 0.1) is 12.7 Å². The quantitative estimate of drug-likeness (QED) is 0.613. The number of aromatic nitrogens is 1. The fraction of sp³-hybridized carbons (Fsp3) is 0.235. The minimum absolute atomic E-state index is 0.140. The van der Waals surface area contributed by atoms with Gasteiger partial charge >= 0.3 is 18.0 Å². The van der Waals surface area contributed by atoms with E-state index in [1.165, 1.54) is 30.5 Å². The molecule has 0 spiro atoms. The van der Waals surface area contributed by atoms with Crippen LogP contribution in [0.15, 0.2) is 36.5 Å². The molecule has 1 heterocycles. The van der Waals surface area contributed by atoms with Gasteiger partial charge in [-0.25, -0.2) is 9.37 Å². The Morgan fingerprint density at radius 2 is 1.89 bits per heavy atom. The van der Waals surface area contributed by atoms with Crippen LogP contribution in [0.3, 0.4) is 0 Å². The smallest absolute Gasteiger partial charge is 0.422 e. The molecule has 10 heteroatoms. The molecule has 0 bridgehead atoms. The Bertz CT molecular complexity index is 840. The van der Waals surface area contributed by atoms with Gasteiger partial charge in [0.15, 0.2) is 6.61 Å². The second kappa shape index (κ2) is 8.47. The van der Waals surface area contributed by atoms with Crippen molar-refractivity contribution >= 4 is 17.5 Å². The molecule has 0 unspecified atom stereocenters. The van der Waals surface area contributed by atoms with Gasteiger partial charge in [-0.2, -0.15) is 13.2 Å². The summed E-state index contributed by atoms with van der Waals surface area (Å²) in [5, 5.41) is 4.58. The monoisotopic (exact) mass is 385 g/mol. The van der Waals surface area contributed by atoms with Gasteiger partial charge in [-0.1, -0.05) is 6.07 Å². The number of carbonyl (C=O) groups is 2. The van der Waals surface area contributed by atoms with E-state index in [1.807, 2.05) is 0 Å². The molecular formula is C17H15F4N3O3. The zero-order valence-electron chi connectivity index (χ0n) is 14.1. The van der Waals surface area contributed by atoms with E-state index in [4.69, 9.17) is 0 Å². The Labute approximate surface area is 151 Å². The van der Waals surface area contributed by atoms with Crippen LogP contribution in [-0.4, -0.2) is 29.6 Å². The molecule has 2 amide bonds. The van der Waals surface area contributed by atoms with Gasteiger partial charge in [0.05, 0.1) is 0 Å². The number of nitrogens with zero attached hydrogens (tertiary/aromatic N) is 1. The van der Waals surface area contributed by atoms with Crippen LogP contribution in [0.1, 0.15) is 11.1 Å². The van der Waals surface area contributed by atoms with E-state index in [0.29, 0.717) is 11.1 Å². The van der Waals surface area contributed by atoms with Crippen LogP contribution in [0.25, 0.3) is 0 Å². The SMILES string of the molecule is Cc1ccc(F)cc1NC(=O)C(=O)NCc1ccnc(OCC(F)(F)F)c1. The summed E-state index contributed by atoms with van der Waals surface area (Å²) in [6, 6.07) is 6.39. The number of pyridine rings is 1. The number of hydrogen-bond acceptors (Lipinski definition) is 4. The highest BCUT2D eigenvalue weighted by Crippen LogP contribution is 2.18. The predicted molar refractivity (Wildman–Crippen MR) is 87.4 cm³/mol. The molecular weight excluding hydrogens is 370 g/mol. The molecule has 27 heavy (non-hydrogen) atoms. The van der Waals surface area contributed by atoms with Gasteiger partial charge in [-0.15, -0.1) is 0 Å². The van der Waals surface area contributed by atoms with E-state index in [1.54, 1.807) is 6.92 Å². The molecule has 0 atom stereocenters. The maximum atomic E-state index is 13.2. The Balaban J connectivity index is 1.91. The number of amides is 2. The Kier molecular flexibility index (Phi) is 6.32. The Morgan fingerprint density at radius 3 is 2.59 bits per heavy atom. The van der Waals surface area contributed by atoms with Gasteiger partial charge in [0.2, 0.25) is 5.88 Å². The number of rotatable bonds is 5. The number of hydrogen-bond donors (Lipinski definition) is 2. The van der Waals surface area contributed by atoms with E-state index in [0.717, 1.165) is 6.07 Å². The summed E-state index contributed by atoms with van der Waals surface area (Å²) in [4.78, 5) is 27.3. The average molecular weight is 385 g/mol. The van der Waals surface area contributed by atoms with Crippen molar-refractivity contribution in [1.82, 2.24) is 10.3 Å². The molecule has 0 saturated heterocycles. The molecule has 0 saturated carbocycles. The first-order valence-corrected chi connectivity index (χ1v) is 7.64. The number of alkyl halides is 3. The molecule has 0 aliphatic rings. The van der Waals surface area contributed by atoms with Crippen molar-refractivity contribution in [2.45, 2.75) is 19.6 Å². The van der Waals surface area contributed by atoms with E-state index < -0.39 is 30.4 Å². The fourth-order valence-electron chi connectivity index (χ4n) is 1.97. The maximum Gasteiger partial charge on any atom is 0.422 e. The lowest BCUT2D eigenvalue weighted by molar-refractivity contribution is -0.154. The number of halogens is 4. The summed E-state index contributed by atoms with van der Waals surface area (Å²) in [5.74, 6) is -2.84. The number of anilines is 1. The molecule has 0 aliphatic heterocycles. The molecule has 2 rings (SSSR count). The molecule has 6 nitrogen and oxygen atoms in total. The van der Waals surface area contributed by atoms with Crippen molar-refractivity contribution in [1.29, 1.82) is 0 Å². The largest absolute Gasteiger partial charge is 0.468 e. The van der Waals surface area contributed by atoms with E-state index in [9.17, 15) is 27.2 Å². The van der Waals surface area contributed by atoms with Gasteiger partial charge in [0.1, 0.15) is 5.82 Å². The number of ether oxygens (including phenoxy) is 1. The van der Waals surface area contributed by atoms with Crippen molar-refractivity contribution in [2.24, 2.45) is 0 Å². The Hall–Kier alpha value is -3.17. The van der Waals surface area contributed by atoms with E-state index >= 15 is 0 Å². The number of aryl methyl sites for hydroxylation is 1. The van der Waals surface area contributed by atoms with Gasteiger partial charge < -0.3 is 15.4 Å². The molecule has 0 fully saturated rings. The molecule has 0 aliphatic carbocycles. The van der Waals surface area contributed by atoms with Crippen LogP contribution in [0.4, 0.5) is 23.2 Å². The number of carbonyl (C=O) groups excluding carboxylic acids is 2. The number of benzene rings is 1. The minimum Gasteiger partial charge on any atom is -0.468 e. The number of nitrogens with one attached hydrogen (secondary N) is 2. The summed E-state index contributed by atoms with van der Waals surface area (Å²) >= 11 is 0. The van der Waals surface area contributed by atoms with Crippen LogP contribution in [0.5, 0.6) is 5.88 Å². The molecule has 1 aromatic heterocycles. The van der Waals surface area contributed by atoms with Crippen LogP contribution >= 0.6 is 0 Å². The normalized spacial score (nSPS) is 11.0. The zero-order valence-corrected chi connectivity index (χ0v) is 14.1. The first-order chi connectivity index (χ1) is 12.6. The minimum atomic E-state index is -4.50. The molecule has 2 aromatic rings. The third-order valence-electron chi connectivity index (χ3n) is 3.29. The topological polar surface area (TPSA) is 80.3 Å². The van der Waals surface area contributed by atoms with Crippen molar-refractivity contribution in [3.63, 3.8) is 0 Å². The zero-order chi connectivity index (χ0) is 20.0. The average Bonchev–Trinajstić information content (AvgIpc) is 2.60. The van der Waals surface area contributed by atoms with Crippen LogP contribution in [-0.2, 0) is 16.1 Å². The van der Waals surface area contributed by atoms with Crippen LogP contribution < -0.4 is 15.4 Å². The highest BCUT2D eigenvalue weighted by Gasteiger charge is 2.28. The standard InChI is InChI=1S/C17H15F4N3O3/c1-10-2-3-12(18)7-13(10)24-16(26)15(25)23-8-11-4-5-22-14(6-11)27-9-17(19,20)21/h2-7H,8-9H2,1H3,(H,23,25)(H,24,26). The molecule has 2 N–H and O–H groups in total. The maximum absolute atomic E-state index is 13.2. The summed E-state index contributed by atoms with van der Waals surface area (Å²) in [5.41, 5.74) is 1.10. The fourth-order valence-corrected chi connectivity index (χ4v) is 1.97. The van der Waals surface area contributed by atoms with Crippen molar-refractivity contribution in [2.75, 3.05) is 11.9 Å². The summed E-state index contributed by atoms with van der Waals surface area (Å²) in [6.45, 7) is -0.00308. The summed E-state index contributed by atoms with van der Waals surface area (Å²) in [7, 11) is 0. The van der Waals surface area contributed by atoms with Crippen LogP contribution in [0.2, 0.25) is 0 Å². The van der Waals surface area contributed by atoms with Crippen molar-refractivity contribution in [3.8, 4) is 5.88 Å². The molecule has 0 radical (unpaired) electrons. The van der Waals surface area contributed by atoms with E-state index in [2.05, 4.69) is 20.4 Å². The lowest BCUT2D eigenvalue weighted by Crippen LogP contribution is -2.35. The Morgan fingerprint density at radius 1 is 1.15 bits per heavy atom. The van der Waals surface area contributed by atoms with Gasteiger partial charge in [0.25, 0.3) is 0 Å². The van der Waals surface area contributed by atoms with Gasteiger partial charge in [-0.05, 0) is 36.2 Å². The van der Waals surface area contributed by atoms with Crippen molar-refractivity contribution in [3.05, 3.63) is 53.5 Å².